The number of hydrogen-bond acceptors (Lipinski definition) is 4. The third kappa shape index (κ3) is 3.62. The maximum atomic E-state index is 12.0. The average Bonchev–Trinajstić information content (AvgIpc) is 2.93. The lowest BCUT2D eigenvalue weighted by Crippen LogP contribution is -2.34. The normalized spacial score (nSPS) is 12.4. The zero-order valence-corrected chi connectivity index (χ0v) is 11.9. The second-order valence-electron chi connectivity index (χ2n) is 4.44. The minimum Gasteiger partial charge on any atom is -0.350 e. The molecule has 0 saturated heterocycles. The number of likely N-dealkylation sites (N-methyl/N-ethyl adjacent to an activating group) is 1. The third-order valence-electron chi connectivity index (χ3n) is 2.89. The Labute approximate surface area is 117 Å². The molecule has 1 amide bonds. The van der Waals surface area contributed by atoms with Crippen LogP contribution < -0.4 is 5.32 Å². The number of nitrogens with one attached hydrogen (secondary N) is 1. The molecule has 0 aliphatic heterocycles. The molecule has 2 heterocycles. The number of aromatic nitrogens is 1. The lowest BCUT2D eigenvalue weighted by Gasteiger charge is -2.23. The Morgan fingerprint density at radius 1 is 1.37 bits per heavy atom. The van der Waals surface area contributed by atoms with Crippen LogP contribution in [0.25, 0.3) is 0 Å². The van der Waals surface area contributed by atoms with Crippen LogP contribution in [-0.2, 0) is 0 Å². The van der Waals surface area contributed by atoms with E-state index in [1.807, 2.05) is 20.2 Å². The Bertz CT molecular complexity index is 511. The van der Waals surface area contributed by atoms with Crippen LogP contribution in [0.3, 0.4) is 0 Å². The van der Waals surface area contributed by atoms with Crippen molar-refractivity contribution in [3.63, 3.8) is 0 Å². The first-order valence-corrected chi connectivity index (χ1v) is 6.94. The van der Waals surface area contributed by atoms with Gasteiger partial charge >= 0.3 is 0 Å². The molecule has 0 radical (unpaired) electrons. The van der Waals surface area contributed by atoms with Crippen LogP contribution >= 0.6 is 11.3 Å². The molecule has 0 fully saturated rings. The van der Waals surface area contributed by atoms with Crippen LogP contribution in [0.5, 0.6) is 0 Å². The monoisotopic (exact) mass is 275 g/mol. The summed E-state index contributed by atoms with van der Waals surface area (Å²) in [5.74, 6) is -0.0641. The number of nitrogens with zero attached hydrogens (tertiary/aromatic N) is 2. The Balaban J connectivity index is 1.98. The molecule has 1 atom stereocenters. The quantitative estimate of drug-likeness (QED) is 0.909. The van der Waals surface area contributed by atoms with Crippen LogP contribution in [0.2, 0.25) is 0 Å². The van der Waals surface area contributed by atoms with E-state index in [0.29, 0.717) is 12.1 Å². The smallest absolute Gasteiger partial charge is 0.251 e. The van der Waals surface area contributed by atoms with E-state index in [4.69, 9.17) is 0 Å². The van der Waals surface area contributed by atoms with E-state index in [1.54, 1.807) is 35.9 Å². The standard InChI is InChI=1S/C14H17N3OS/c1-17(2)12(13-4-3-9-19-13)10-16-14(18)11-5-7-15-8-6-11/h3-9,12H,10H2,1-2H3,(H,16,18)/t12-/m0/s1. The number of pyridine rings is 1. The first-order valence-electron chi connectivity index (χ1n) is 6.06. The van der Waals surface area contributed by atoms with Gasteiger partial charge in [-0.25, -0.2) is 0 Å². The predicted molar refractivity (Wildman–Crippen MR) is 77.3 cm³/mol. The van der Waals surface area contributed by atoms with Gasteiger partial charge in [-0.15, -0.1) is 11.3 Å². The molecule has 0 unspecified atom stereocenters. The van der Waals surface area contributed by atoms with Gasteiger partial charge in [0.15, 0.2) is 0 Å². The van der Waals surface area contributed by atoms with Gasteiger partial charge in [-0.2, -0.15) is 0 Å². The van der Waals surface area contributed by atoms with Gasteiger partial charge in [0.25, 0.3) is 5.91 Å². The van der Waals surface area contributed by atoms with Crippen molar-refractivity contribution in [2.45, 2.75) is 6.04 Å². The van der Waals surface area contributed by atoms with E-state index in [2.05, 4.69) is 26.6 Å². The number of amides is 1. The van der Waals surface area contributed by atoms with E-state index < -0.39 is 0 Å². The van der Waals surface area contributed by atoms with Gasteiger partial charge < -0.3 is 10.2 Å². The summed E-state index contributed by atoms with van der Waals surface area (Å²) in [6.07, 6.45) is 3.25. The van der Waals surface area contributed by atoms with Gasteiger partial charge in [0.1, 0.15) is 0 Å². The molecule has 4 nitrogen and oxygen atoms in total. The maximum Gasteiger partial charge on any atom is 0.251 e. The van der Waals surface area contributed by atoms with E-state index in [1.165, 1.54) is 4.88 Å². The Hall–Kier alpha value is -1.72. The fraction of sp³-hybridized carbons (Fsp3) is 0.286. The number of thiophene rings is 1. The predicted octanol–water partition coefficient (Wildman–Crippen LogP) is 2.18. The summed E-state index contributed by atoms with van der Waals surface area (Å²) in [6, 6.07) is 7.75. The molecule has 2 aromatic rings. The summed E-state index contributed by atoms with van der Waals surface area (Å²) in [5, 5.41) is 5.02. The van der Waals surface area contributed by atoms with Crippen molar-refractivity contribution in [2.24, 2.45) is 0 Å². The summed E-state index contributed by atoms with van der Waals surface area (Å²) in [7, 11) is 4.03. The number of carbonyl (C=O) groups is 1. The summed E-state index contributed by atoms with van der Waals surface area (Å²) in [4.78, 5) is 19.3. The van der Waals surface area contributed by atoms with Crippen LogP contribution in [0.15, 0.2) is 42.0 Å². The topological polar surface area (TPSA) is 45.2 Å². The molecule has 0 aromatic carbocycles. The molecule has 0 aliphatic carbocycles. The van der Waals surface area contributed by atoms with Crippen molar-refractivity contribution >= 4 is 17.2 Å². The summed E-state index contributed by atoms with van der Waals surface area (Å²) in [6.45, 7) is 0.592. The summed E-state index contributed by atoms with van der Waals surface area (Å²) in [5.41, 5.74) is 0.638. The van der Waals surface area contributed by atoms with Crippen molar-refractivity contribution in [1.82, 2.24) is 15.2 Å². The Kier molecular flexibility index (Phi) is 4.65. The molecule has 5 heteroatoms. The molecule has 100 valence electrons. The van der Waals surface area contributed by atoms with Crippen molar-refractivity contribution < 1.29 is 4.79 Å². The fourth-order valence-corrected chi connectivity index (χ4v) is 2.74. The highest BCUT2D eigenvalue weighted by atomic mass is 32.1. The number of hydrogen-bond donors (Lipinski definition) is 1. The van der Waals surface area contributed by atoms with Crippen molar-refractivity contribution in [3.05, 3.63) is 52.5 Å². The SMILES string of the molecule is CN(C)[C@@H](CNC(=O)c1ccncc1)c1cccs1. The highest BCUT2D eigenvalue weighted by molar-refractivity contribution is 7.10. The molecule has 0 spiro atoms. The van der Waals surface area contributed by atoms with E-state index in [-0.39, 0.29) is 11.9 Å². The second kappa shape index (κ2) is 6.45. The van der Waals surface area contributed by atoms with Crippen molar-refractivity contribution in [3.8, 4) is 0 Å². The molecule has 2 rings (SSSR count). The Morgan fingerprint density at radius 2 is 2.11 bits per heavy atom. The highest BCUT2D eigenvalue weighted by Gasteiger charge is 2.16. The lowest BCUT2D eigenvalue weighted by molar-refractivity contribution is 0.0942. The van der Waals surface area contributed by atoms with Gasteiger partial charge in [-0.1, -0.05) is 6.07 Å². The Morgan fingerprint density at radius 3 is 2.68 bits per heavy atom. The molecule has 0 saturated carbocycles. The maximum absolute atomic E-state index is 12.0. The van der Waals surface area contributed by atoms with Gasteiger partial charge in [-0.05, 0) is 37.7 Å². The van der Waals surface area contributed by atoms with Gasteiger partial charge in [0.05, 0.1) is 6.04 Å². The first-order chi connectivity index (χ1) is 9.18. The minimum absolute atomic E-state index is 0.0641. The van der Waals surface area contributed by atoms with Crippen LogP contribution in [0.1, 0.15) is 21.3 Å². The zero-order chi connectivity index (χ0) is 13.7. The van der Waals surface area contributed by atoms with E-state index in [9.17, 15) is 4.79 Å². The van der Waals surface area contributed by atoms with Gasteiger partial charge in [0.2, 0.25) is 0 Å². The van der Waals surface area contributed by atoms with Crippen LogP contribution in [-0.4, -0.2) is 36.4 Å². The zero-order valence-electron chi connectivity index (χ0n) is 11.0. The second-order valence-corrected chi connectivity index (χ2v) is 5.42. The molecular weight excluding hydrogens is 258 g/mol. The fourth-order valence-electron chi connectivity index (χ4n) is 1.81. The van der Waals surface area contributed by atoms with Crippen LogP contribution in [0.4, 0.5) is 0 Å². The molecule has 1 N–H and O–H groups in total. The minimum atomic E-state index is -0.0641. The lowest BCUT2D eigenvalue weighted by atomic mass is 10.2. The largest absolute Gasteiger partial charge is 0.350 e. The first kappa shape index (κ1) is 13.7. The summed E-state index contributed by atoms with van der Waals surface area (Å²) >= 11 is 1.70. The molecule has 19 heavy (non-hydrogen) atoms. The molecule has 0 bridgehead atoms. The highest BCUT2D eigenvalue weighted by Crippen LogP contribution is 2.22. The number of rotatable bonds is 5. The van der Waals surface area contributed by atoms with Crippen molar-refractivity contribution in [1.29, 1.82) is 0 Å². The van der Waals surface area contributed by atoms with Gasteiger partial charge in [0, 0.05) is 29.4 Å². The van der Waals surface area contributed by atoms with Gasteiger partial charge in [-0.3, -0.25) is 9.78 Å². The molecule has 0 aliphatic rings. The average molecular weight is 275 g/mol. The van der Waals surface area contributed by atoms with Crippen molar-refractivity contribution in [2.75, 3.05) is 20.6 Å². The van der Waals surface area contributed by atoms with E-state index >= 15 is 0 Å². The summed E-state index contributed by atoms with van der Waals surface area (Å²) < 4.78 is 0. The molecular formula is C14H17N3OS. The van der Waals surface area contributed by atoms with E-state index in [0.717, 1.165) is 0 Å². The van der Waals surface area contributed by atoms with Crippen LogP contribution in [0, 0.1) is 0 Å². The molecule has 2 aromatic heterocycles. The number of carbonyl (C=O) groups excluding carboxylic acids is 1. The third-order valence-corrected chi connectivity index (χ3v) is 3.87.